The van der Waals surface area contributed by atoms with Gasteiger partial charge in [0.25, 0.3) is 0 Å². The molecule has 0 bridgehead atoms. The third-order valence-corrected chi connectivity index (χ3v) is 5.85. The lowest BCUT2D eigenvalue weighted by Crippen LogP contribution is -2.25. The minimum Gasteiger partial charge on any atom is -0.491 e. The highest BCUT2D eigenvalue weighted by Gasteiger charge is 2.17. The van der Waals surface area contributed by atoms with Crippen molar-refractivity contribution in [2.75, 3.05) is 6.61 Å². The number of imidazole rings is 1. The molecule has 0 aliphatic rings. The Morgan fingerprint density at radius 1 is 0.882 bits per heavy atom. The molecule has 1 aromatic heterocycles. The molecule has 5 nitrogen and oxygen atoms in total. The first-order valence-corrected chi connectivity index (χ1v) is 11.5. The van der Waals surface area contributed by atoms with Crippen molar-refractivity contribution < 1.29 is 14.6 Å². The molecule has 0 aliphatic heterocycles. The molecule has 0 saturated carbocycles. The number of aliphatic hydroxyl groups is 1. The van der Waals surface area contributed by atoms with Gasteiger partial charge in [0.1, 0.15) is 36.6 Å². The first-order chi connectivity index (χ1) is 15.9. The number of para-hydroxylation sites is 4. The van der Waals surface area contributed by atoms with E-state index in [0.29, 0.717) is 19.1 Å². The summed E-state index contributed by atoms with van der Waals surface area (Å²) < 4.78 is 14.2. The lowest BCUT2D eigenvalue weighted by Gasteiger charge is -2.18. The highest BCUT2D eigenvalue weighted by Crippen LogP contribution is 2.27. The molecule has 0 amide bonds. The summed E-state index contributed by atoms with van der Waals surface area (Å²) in [6.07, 6.45) is -0.693. The Morgan fingerprint density at radius 2 is 1.56 bits per heavy atom. The van der Waals surface area contributed by atoms with E-state index in [1.807, 2.05) is 79.1 Å². The molecule has 1 N–H and O–H groups in total. The molecule has 1 unspecified atom stereocenters. The molecular weight excluding hydrogens is 448 g/mol. The topological polar surface area (TPSA) is 56.5 Å². The van der Waals surface area contributed by atoms with E-state index in [9.17, 15) is 5.11 Å². The molecule has 0 spiro atoms. The van der Waals surface area contributed by atoms with E-state index in [1.165, 1.54) is 0 Å². The summed E-state index contributed by atoms with van der Waals surface area (Å²) in [4.78, 5) is 4.78. The molecule has 0 radical (unpaired) electrons. The quantitative estimate of drug-likeness (QED) is 0.309. The van der Waals surface area contributed by atoms with Gasteiger partial charge in [-0.15, -0.1) is 12.4 Å². The average molecular weight is 481 g/mol. The Labute approximate surface area is 207 Å². The fraction of sp³-hybridized carbons (Fsp3) is 0.321. The maximum atomic E-state index is 10.9. The molecule has 0 saturated heterocycles. The van der Waals surface area contributed by atoms with Gasteiger partial charge in [0.05, 0.1) is 17.6 Å². The van der Waals surface area contributed by atoms with Crippen LogP contribution in [-0.4, -0.2) is 27.4 Å². The molecule has 4 rings (SSSR count). The number of rotatable bonds is 9. The van der Waals surface area contributed by atoms with Crippen molar-refractivity contribution in [1.82, 2.24) is 9.55 Å². The largest absolute Gasteiger partial charge is 0.491 e. The first-order valence-electron chi connectivity index (χ1n) is 11.5. The summed E-state index contributed by atoms with van der Waals surface area (Å²) >= 11 is 0. The van der Waals surface area contributed by atoms with E-state index in [0.717, 1.165) is 45.0 Å². The summed E-state index contributed by atoms with van der Waals surface area (Å²) in [5.74, 6) is 2.83. The number of aliphatic hydroxyl groups excluding tert-OH is 1. The minimum absolute atomic E-state index is 0. The number of hydrogen-bond acceptors (Lipinski definition) is 4. The van der Waals surface area contributed by atoms with Gasteiger partial charge in [0.2, 0.25) is 0 Å². The van der Waals surface area contributed by atoms with Crippen LogP contribution in [0.1, 0.15) is 42.3 Å². The van der Waals surface area contributed by atoms with Crippen LogP contribution >= 0.6 is 12.4 Å². The molecular formula is C28H33ClN2O3. The van der Waals surface area contributed by atoms with Crippen molar-refractivity contribution in [2.45, 2.75) is 52.9 Å². The van der Waals surface area contributed by atoms with Gasteiger partial charge in [-0.3, -0.25) is 0 Å². The summed E-state index contributed by atoms with van der Waals surface area (Å²) in [7, 11) is 0. The molecule has 6 heteroatoms. The first kappa shape index (κ1) is 25.6. The zero-order chi connectivity index (χ0) is 23.4. The van der Waals surface area contributed by atoms with Gasteiger partial charge in [0, 0.05) is 0 Å². The maximum absolute atomic E-state index is 10.9. The van der Waals surface area contributed by atoms with Crippen LogP contribution in [0.15, 0.2) is 66.7 Å². The molecule has 4 aromatic rings. The van der Waals surface area contributed by atoms with Crippen molar-refractivity contribution in [3.63, 3.8) is 0 Å². The molecule has 0 aliphatic carbocycles. The SMILES string of the molecule is Cc1cccc(C)c1OCc1nc2ccccc2n1CC(O)COc1ccccc1C(C)C.Cl. The van der Waals surface area contributed by atoms with Crippen LogP contribution in [0, 0.1) is 13.8 Å². The van der Waals surface area contributed by atoms with Gasteiger partial charge >= 0.3 is 0 Å². The van der Waals surface area contributed by atoms with Crippen molar-refractivity contribution in [1.29, 1.82) is 0 Å². The molecule has 180 valence electrons. The standard InChI is InChI=1S/C28H32N2O3.ClH/c1-19(2)23-12-5-8-15-26(23)32-17-22(31)16-30-25-14-7-6-13-24(25)29-27(30)18-33-28-20(3)10-9-11-21(28)4;/h5-15,19,22,31H,16-18H2,1-4H3;1H. The van der Waals surface area contributed by atoms with Crippen molar-refractivity contribution >= 4 is 23.4 Å². The number of halogens is 1. The average Bonchev–Trinajstić information content (AvgIpc) is 3.14. The van der Waals surface area contributed by atoms with Gasteiger partial charge < -0.3 is 19.1 Å². The predicted octanol–water partition coefficient (Wildman–Crippen LogP) is 6.22. The van der Waals surface area contributed by atoms with Crippen molar-refractivity contribution in [2.24, 2.45) is 0 Å². The Hall–Kier alpha value is -3.02. The normalized spacial score (nSPS) is 11.9. The predicted molar refractivity (Wildman–Crippen MR) is 139 cm³/mol. The van der Waals surface area contributed by atoms with Gasteiger partial charge in [-0.25, -0.2) is 4.98 Å². The van der Waals surface area contributed by atoms with E-state index in [1.54, 1.807) is 0 Å². The molecule has 3 aromatic carbocycles. The Kier molecular flexibility index (Phi) is 8.59. The number of aromatic nitrogens is 2. The highest BCUT2D eigenvalue weighted by molar-refractivity contribution is 5.85. The summed E-state index contributed by atoms with van der Waals surface area (Å²) in [5.41, 5.74) is 5.18. The molecule has 34 heavy (non-hydrogen) atoms. The molecule has 0 fully saturated rings. The summed E-state index contributed by atoms with van der Waals surface area (Å²) in [6.45, 7) is 9.26. The number of ether oxygens (including phenoxy) is 2. The van der Waals surface area contributed by atoms with E-state index in [2.05, 4.69) is 19.9 Å². The van der Waals surface area contributed by atoms with E-state index in [-0.39, 0.29) is 19.0 Å². The van der Waals surface area contributed by atoms with Gasteiger partial charge in [-0.2, -0.15) is 0 Å². The van der Waals surface area contributed by atoms with Crippen LogP contribution in [0.2, 0.25) is 0 Å². The number of hydrogen-bond donors (Lipinski definition) is 1. The fourth-order valence-corrected chi connectivity index (χ4v) is 4.14. The Morgan fingerprint density at radius 3 is 2.29 bits per heavy atom. The van der Waals surface area contributed by atoms with Crippen molar-refractivity contribution in [3.05, 3.63) is 89.2 Å². The summed E-state index contributed by atoms with van der Waals surface area (Å²) in [6, 6.07) is 22.1. The van der Waals surface area contributed by atoms with Gasteiger partial charge in [-0.1, -0.05) is 62.4 Å². The van der Waals surface area contributed by atoms with Crippen LogP contribution in [0.25, 0.3) is 11.0 Å². The smallest absolute Gasteiger partial charge is 0.148 e. The lowest BCUT2D eigenvalue weighted by molar-refractivity contribution is 0.0911. The number of fused-ring (bicyclic) bond motifs is 1. The third kappa shape index (κ3) is 5.72. The second-order valence-corrected chi connectivity index (χ2v) is 8.79. The number of benzene rings is 3. The van der Waals surface area contributed by atoms with Crippen LogP contribution in [0.5, 0.6) is 11.5 Å². The third-order valence-electron chi connectivity index (χ3n) is 5.85. The minimum atomic E-state index is -0.693. The monoisotopic (exact) mass is 480 g/mol. The number of nitrogens with zero attached hydrogens (tertiary/aromatic N) is 2. The second-order valence-electron chi connectivity index (χ2n) is 8.79. The highest BCUT2D eigenvalue weighted by atomic mass is 35.5. The van der Waals surface area contributed by atoms with Crippen LogP contribution < -0.4 is 9.47 Å². The van der Waals surface area contributed by atoms with Crippen LogP contribution in [0.3, 0.4) is 0 Å². The zero-order valence-corrected chi connectivity index (χ0v) is 21.0. The van der Waals surface area contributed by atoms with E-state index < -0.39 is 6.10 Å². The van der Waals surface area contributed by atoms with Gasteiger partial charge in [0.15, 0.2) is 0 Å². The van der Waals surface area contributed by atoms with Crippen molar-refractivity contribution in [3.8, 4) is 11.5 Å². The maximum Gasteiger partial charge on any atom is 0.148 e. The Bertz CT molecular complexity index is 1220. The molecule has 1 heterocycles. The van der Waals surface area contributed by atoms with Crippen LogP contribution in [-0.2, 0) is 13.2 Å². The van der Waals surface area contributed by atoms with Crippen LogP contribution in [0.4, 0.5) is 0 Å². The Balaban J connectivity index is 0.00000324. The fourth-order valence-electron chi connectivity index (χ4n) is 4.14. The summed E-state index contributed by atoms with van der Waals surface area (Å²) in [5, 5.41) is 10.9. The van der Waals surface area contributed by atoms with E-state index in [4.69, 9.17) is 14.5 Å². The number of aryl methyl sites for hydroxylation is 2. The van der Waals surface area contributed by atoms with Gasteiger partial charge in [-0.05, 0) is 54.7 Å². The van der Waals surface area contributed by atoms with E-state index >= 15 is 0 Å². The zero-order valence-electron chi connectivity index (χ0n) is 20.2. The molecule has 1 atom stereocenters. The lowest BCUT2D eigenvalue weighted by atomic mass is 10.0. The second kappa shape index (κ2) is 11.4.